The lowest BCUT2D eigenvalue weighted by atomic mass is 10.6. The molecule has 1 unspecified atom stereocenters. The molecule has 50 valence electrons. The number of aromatic nitrogens is 2. The van der Waals surface area contributed by atoms with E-state index in [-0.39, 0.29) is 0 Å². The molecule has 1 aromatic rings. The summed E-state index contributed by atoms with van der Waals surface area (Å²) in [6.45, 7) is 1.67. The fourth-order valence-electron chi connectivity index (χ4n) is 0.519. The van der Waals surface area contributed by atoms with Crippen molar-refractivity contribution in [2.24, 2.45) is 0 Å². The molecule has 0 aliphatic rings. The van der Waals surface area contributed by atoms with Gasteiger partial charge in [0.2, 0.25) is 0 Å². The minimum Gasteiger partial charge on any atom is -0.372 e. The molecule has 0 aromatic carbocycles. The lowest BCUT2D eigenvalue weighted by molar-refractivity contribution is 0.110. The Hall–Kier alpha value is -0.100. The number of hydrogen-bond acceptors (Lipinski definition) is 2. The van der Waals surface area contributed by atoms with Gasteiger partial charge in [-0.3, -0.25) is 0 Å². The second-order valence-corrected chi connectivity index (χ2v) is 3.02. The van der Waals surface area contributed by atoms with E-state index in [1.165, 1.54) is 4.68 Å². The summed E-state index contributed by atoms with van der Waals surface area (Å²) in [5, 5.41) is 12.8. The van der Waals surface area contributed by atoms with E-state index in [2.05, 4.69) is 27.7 Å². The zero-order valence-corrected chi connectivity index (χ0v) is 7.11. The third kappa shape index (κ3) is 1.65. The maximum absolute atomic E-state index is 8.93. The Morgan fingerprint density at radius 2 is 2.56 bits per heavy atom. The van der Waals surface area contributed by atoms with Crippen LogP contribution in [0.3, 0.4) is 0 Å². The molecule has 1 heterocycles. The van der Waals surface area contributed by atoms with E-state index in [1.807, 2.05) is 0 Å². The van der Waals surface area contributed by atoms with Crippen molar-refractivity contribution in [2.45, 2.75) is 13.2 Å². The summed E-state index contributed by atoms with van der Waals surface area (Å²) in [6, 6.07) is 0. The summed E-state index contributed by atoms with van der Waals surface area (Å²) in [5.74, 6) is 0. The highest BCUT2D eigenvalue weighted by Crippen LogP contribution is 2.04. The van der Waals surface area contributed by atoms with Crippen LogP contribution in [0.25, 0.3) is 0 Å². The van der Waals surface area contributed by atoms with Crippen LogP contribution < -0.4 is 0 Å². The first-order chi connectivity index (χ1) is 4.20. The van der Waals surface area contributed by atoms with Crippen LogP contribution in [0.5, 0.6) is 0 Å². The molecule has 4 heteroatoms. The van der Waals surface area contributed by atoms with Crippen molar-refractivity contribution >= 4 is 22.6 Å². The molecule has 0 amide bonds. The number of nitrogens with zero attached hydrogens (tertiary/aromatic N) is 2. The fraction of sp³-hybridized carbons (Fsp3) is 0.400. The molecule has 9 heavy (non-hydrogen) atoms. The highest BCUT2D eigenvalue weighted by Gasteiger charge is 1.98. The molecular weight excluding hydrogens is 231 g/mol. The topological polar surface area (TPSA) is 38.0 Å². The zero-order valence-electron chi connectivity index (χ0n) is 4.95. The molecule has 0 bridgehead atoms. The first-order valence-corrected chi connectivity index (χ1v) is 3.66. The minimum atomic E-state index is -0.520. The molecule has 0 radical (unpaired) electrons. The number of hydrogen-bond donors (Lipinski definition) is 1. The van der Waals surface area contributed by atoms with Crippen molar-refractivity contribution < 1.29 is 5.11 Å². The summed E-state index contributed by atoms with van der Waals surface area (Å²) in [4.78, 5) is 0. The van der Waals surface area contributed by atoms with Gasteiger partial charge in [0, 0.05) is 6.20 Å². The molecule has 0 aliphatic heterocycles. The highest BCUT2D eigenvalue weighted by atomic mass is 127. The predicted molar refractivity (Wildman–Crippen MR) is 41.9 cm³/mol. The third-order valence-corrected chi connectivity index (χ3v) is 1.51. The van der Waals surface area contributed by atoms with Crippen LogP contribution in [-0.4, -0.2) is 14.9 Å². The van der Waals surface area contributed by atoms with E-state index in [4.69, 9.17) is 5.11 Å². The molecule has 1 atom stereocenters. The molecule has 0 saturated carbocycles. The number of halogens is 1. The number of rotatable bonds is 1. The van der Waals surface area contributed by atoms with Crippen LogP contribution in [0.2, 0.25) is 0 Å². The first kappa shape index (κ1) is 7.01. The molecule has 1 aromatic heterocycles. The van der Waals surface area contributed by atoms with Crippen LogP contribution in [-0.2, 0) is 0 Å². The largest absolute Gasteiger partial charge is 0.372 e. The summed E-state index contributed by atoms with van der Waals surface area (Å²) >= 11 is 2.14. The Morgan fingerprint density at radius 3 is 2.78 bits per heavy atom. The van der Waals surface area contributed by atoms with Gasteiger partial charge in [-0.2, -0.15) is 5.10 Å². The molecule has 0 spiro atoms. The van der Waals surface area contributed by atoms with Crippen molar-refractivity contribution in [3.05, 3.63) is 16.0 Å². The molecule has 1 rings (SSSR count). The average molecular weight is 238 g/mol. The van der Waals surface area contributed by atoms with E-state index in [1.54, 1.807) is 19.3 Å². The Morgan fingerprint density at radius 1 is 1.89 bits per heavy atom. The maximum Gasteiger partial charge on any atom is 0.144 e. The van der Waals surface area contributed by atoms with Crippen molar-refractivity contribution in [1.29, 1.82) is 0 Å². The first-order valence-electron chi connectivity index (χ1n) is 2.58. The molecule has 0 fully saturated rings. The second kappa shape index (κ2) is 2.66. The molecule has 0 aliphatic carbocycles. The van der Waals surface area contributed by atoms with Crippen LogP contribution in [0.1, 0.15) is 13.2 Å². The standard InChI is InChI=1S/C5H7IN2O/c1-4(9)8-3-5(6)2-7-8/h2-4,9H,1H3. The number of aliphatic hydroxyl groups is 1. The van der Waals surface area contributed by atoms with Crippen LogP contribution >= 0.6 is 22.6 Å². The molecule has 3 nitrogen and oxygen atoms in total. The summed E-state index contributed by atoms with van der Waals surface area (Å²) in [5.41, 5.74) is 0. The molecule has 1 N–H and O–H groups in total. The summed E-state index contributed by atoms with van der Waals surface area (Å²) < 4.78 is 2.54. The van der Waals surface area contributed by atoms with Gasteiger partial charge in [0.15, 0.2) is 0 Å². The van der Waals surface area contributed by atoms with E-state index >= 15 is 0 Å². The Labute approximate surface area is 66.8 Å². The second-order valence-electron chi connectivity index (χ2n) is 1.77. The van der Waals surface area contributed by atoms with Crippen LogP contribution in [0.4, 0.5) is 0 Å². The fourth-order valence-corrected chi connectivity index (χ4v) is 0.929. The van der Waals surface area contributed by atoms with Gasteiger partial charge < -0.3 is 5.11 Å². The third-order valence-electron chi connectivity index (χ3n) is 0.953. The normalized spacial score (nSPS) is 13.7. The maximum atomic E-state index is 8.93. The van der Waals surface area contributed by atoms with Gasteiger partial charge in [-0.15, -0.1) is 0 Å². The van der Waals surface area contributed by atoms with Crippen molar-refractivity contribution in [2.75, 3.05) is 0 Å². The monoisotopic (exact) mass is 238 g/mol. The average Bonchev–Trinajstić information content (AvgIpc) is 2.14. The van der Waals surface area contributed by atoms with Crippen molar-refractivity contribution in [3.63, 3.8) is 0 Å². The van der Waals surface area contributed by atoms with Crippen LogP contribution in [0, 0.1) is 3.57 Å². The van der Waals surface area contributed by atoms with Gasteiger partial charge >= 0.3 is 0 Å². The smallest absolute Gasteiger partial charge is 0.144 e. The minimum absolute atomic E-state index is 0.520. The van der Waals surface area contributed by atoms with Gasteiger partial charge in [-0.05, 0) is 29.5 Å². The summed E-state index contributed by atoms with van der Waals surface area (Å²) in [7, 11) is 0. The Bertz CT molecular complexity index is 197. The van der Waals surface area contributed by atoms with Gasteiger partial charge in [0.25, 0.3) is 0 Å². The zero-order chi connectivity index (χ0) is 6.85. The lowest BCUT2D eigenvalue weighted by Gasteiger charge is -2.00. The van der Waals surface area contributed by atoms with E-state index in [0.717, 1.165) is 3.57 Å². The van der Waals surface area contributed by atoms with E-state index < -0.39 is 6.23 Å². The highest BCUT2D eigenvalue weighted by molar-refractivity contribution is 14.1. The quantitative estimate of drug-likeness (QED) is 0.741. The van der Waals surface area contributed by atoms with Gasteiger partial charge in [0.1, 0.15) is 6.23 Å². The van der Waals surface area contributed by atoms with Gasteiger partial charge in [-0.25, -0.2) is 4.68 Å². The van der Waals surface area contributed by atoms with Crippen molar-refractivity contribution in [1.82, 2.24) is 9.78 Å². The predicted octanol–water partition coefficient (Wildman–Crippen LogP) is 0.998. The summed E-state index contributed by atoms with van der Waals surface area (Å²) in [6.07, 6.45) is 2.96. The Kier molecular flexibility index (Phi) is 2.07. The molecular formula is C5H7IN2O. The molecule has 0 saturated heterocycles. The van der Waals surface area contributed by atoms with Gasteiger partial charge in [-0.1, -0.05) is 0 Å². The van der Waals surface area contributed by atoms with Crippen LogP contribution in [0.15, 0.2) is 12.4 Å². The lowest BCUT2D eigenvalue weighted by Crippen LogP contribution is -2.02. The SMILES string of the molecule is CC(O)n1cc(I)cn1. The Balaban J connectivity index is 2.85. The van der Waals surface area contributed by atoms with E-state index in [0.29, 0.717) is 0 Å². The van der Waals surface area contributed by atoms with E-state index in [9.17, 15) is 0 Å². The van der Waals surface area contributed by atoms with Crippen molar-refractivity contribution in [3.8, 4) is 0 Å². The number of aliphatic hydroxyl groups excluding tert-OH is 1. The van der Waals surface area contributed by atoms with Gasteiger partial charge in [0.05, 0.1) is 9.77 Å².